The predicted molar refractivity (Wildman–Crippen MR) is 59.1 cm³/mol. The van der Waals surface area contributed by atoms with E-state index in [0.29, 0.717) is 0 Å². The van der Waals surface area contributed by atoms with E-state index in [1.54, 1.807) is 7.11 Å². The fraction of sp³-hybridized carbons (Fsp3) is 0.846. The van der Waals surface area contributed by atoms with Crippen LogP contribution in [-0.4, -0.2) is 13.7 Å². The molecule has 0 aromatic carbocycles. The average molecular weight is 194 g/mol. The highest BCUT2D eigenvalue weighted by molar-refractivity contribution is 5.13. The first-order chi connectivity index (χ1) is 6.86. The Kier molecular flexibility index (Phi) is 3.27. The summed E-state index contributed by atoms with van der Waals surface area (Å²) in [5, 5.41) is 0. The van der Waals surface area contributed by atoms with Crippen LogP contribution in [0, 0.1) is 23.7 Å². The lowest BCUT2D eigenvalue weighted by molar-refractivity contribution is 0.175. The molecular weight excluding hydrogens is 172 g/mol. The van der Waals surface area contributed by atoms with Crippen molar-refractivity contribution in [3.05, 3.63) is 12.2 Å². The molecule has 0 aliphatic heterocycles. The maximum absolute atomic E-state index is 5.13. The van der Waals surface area contributed by atoms with Crippen LogP contribution in [0.2, 0.25) is 0 Å². The summed E-state index contributed by atoms with van der Waals surface area (Å²) in [6.45, 7) is 3.29. The Hall–Kier alpha value is -0.300. The molecule has 80 valence electrons. The Morgan fingerprint density at radius 1 is 1.21 bits per heavy atom. The number of methoxy groups -OCH3 is 1. The lowest BCUT2D eigenvalue weighted by atomic mass is 9.79. The van der Waals surface area contributed by atoms with Gasteiger partial charge in [0.15, 0.2) is 0 Å². The van der Waals surface area contributed by atoms with E-state index >= 15 is 0 Å². The third kappa shape index (κ3) is 1.75. The summed E-state index contributed by atoms with van der Waals surface area (Å²) < 4.78 is 5.13. The first kappa shape index (κ1) is 10.2. The second-order valence-corrected chi connectivity index (χ2v) is 4.82. The van der Waals surface area contributed by atoms with Crippen molar-refractivity contribution < 1.29 is 4.74 Å². The smallest absolute Gasteiger partial charge is 0.0462 e. The van der Waals surface area contributed by atoms with Gasteiger partial charge in [-0.25, -0.2) is 0 Å². The van der Waals surface area contributed by atoms with Crippen molar-refractivity contribution in [2.24, 2.45) is 23.7 Å². The third-order valence-electron chi connectivity index (χ3n) is 4.16. The molecule has 14 heavy (non-hydrogen) atoms. The summed E-state index contributed by atoms with van der Waals surface area (Å²) in [5.41, 5.74) is 0. The van der Waals surface area contributed by atoms with Crippen LogP contribution in [0.5, 0.6) is 0 Å². The topological polar surface area (TPSA) is 9.23 Å². The summed E-state index contributed by atoms with van der Waals surface area (Å²) in [4.78, 5) is 0. The van der Waals surface area contributed by atoms with Crippen molar-refractivity contribution in [2.75, 3.05) is 13.7 Å². The van der Waals surface area contributed by atoms with Crippen LogP contribution in [0.15, 0.2) is 12.2 Å². The van der Waals surface area contributed by atoms with E-state index in [1.165, 1.54) is 25.7 Å². The molecule has 2 bridgehead atoms. The molecule has 0 aromatic heterocycles. The largest absolute Gasteiger partial charge is 0.385 e. The molecule has 0 aromatic rings. The van der Waals surface area contributed by atoms with Crippen LogP contribution in [0.3, 0.4) is 0 Å². The lowest BCUT2D eigenvalue weighted by Gasteiger charge is -2.26. The zero-order valence-electron chi connectivity index (χ0n) is 9.41. The normalized spacial score (nSPS) is 39.6. The monoisotopic (exact) mass is 194 g/mol. The van der Waals surface area contributed by atoms with E-state index in [1.807, 2.05) is 0 Å². The molecule has 1 fully saturated rings. The molecule has 0 spiro atoms. The molecule has 0 heterocycles. The zero-order valence-corrected chi connectivity index (χ0v) is 9.41. The van der Waals surface area contributed by atoms with Gasteiger partial charge < -0.3 is 4.74 Å². The Morgan fingerprint density at radius 2 is 1.93 bits per heavy atom. The van der Waals surface area contributed by atoms with Gasteiger partial charge in [-0.15, -0.1) is 0 Å². The van der Waals surface area contributed by atoms with E-state index in [2.05, 4.69) is 19.1 Å². The Balaban J connectivity index is 1.87. The summed E-state index contributed by atoms with van der Waals surface area (Å²) in [6.07, 6.45) is 10.4. The van der Waals surface area contributed by atoms with Gasteiger partial charge in [0.05, 0.1) is 0 Å². The summed E-state index contributed by atoms with van der Waals surface area (Å²) in [6, 6.07) is 0. The molecule has 1 heteroatoms. The molecular formula is C13H22O. The van der Waals surface area contributed by atoms with Gasteiger partial charge in [0.25, 0.3) is 0 Å². The van der Waals surface area contributed by atoms with Gasteiger partial charge in [0.1, 0.15) is 0 Å². The van der Waals surface area contributed by atoms with Gasteiger partial charge in [-0.1, -0.05) is 25.5 Å². The van der Waals surface area contributed by atoms with Gasteiger partial charge in [0, 0.05) is 13.7 Å². The summed E-state index contributed by atoms with van der Waals surface area (Å²) in [5.74, 6) is 3.76. The predicted octanol–water partition coefficient (Wildman–Crippen LogP) is 3.26. The van der Waals surface area contributed by atoms with E-state index in [0.717, 1.165) is 30.3 Å². The lowest BCUT2D eigenvalue weighted by Crippen LogP contribution is -2.19. The highest BCUT2D eigenvalue weighted by Gasteiger charge is 2.42. The van der Waals surface area contributed by atoms with Gasteiger partial charge >= 0.3 is 0 Å². The fourth-order valence-corrected chi connectivity index (χ4v) is 3.52. The SMILES string of the molecule is CCC1C2C=CC(C2)C1CCCOC. The first-order valence-electron chi connectivity index (χ1n) is 6.04. The van der Waals surface area contributed by atoms with Gasteiger partial charge in [-0.2, -0.15) is 0 Å². The minimum atomic E-state index is 0.904. The molecule has 1 nitrogen and oxygen atoms in total. The van der Waals surface area contributed by atoms with Crippen molar-refractivity contribution >= 4 is 0 Å². The molecule has 4 unspecified atom stereocenters. The van der Waals surface area contributed by atoms with Crippen LogP contribution in [0.25, 0.3) is 0 Å². The summed E-state index contributed by atoms with van der Waals surface area (Å²) in [7, 11) is 1.80. The van der Waals surface area contributed by atoms with Gasteiger partial charge in [0.2, 0.25) is 0 Å². The standard InChI is InChI=1S/C13H22O/c1-3-12-10-6-7-11(9-10)13(12)5-4-8-14-2/h6-7,10-13H,3-5,8-9H2,1-2H3. The second-order valence-electron chi connectivity index (χ2n) is 4.82. The Labute approximate surface area is 87.5 Å². The van der Waals surface area contributed by atoms with Crippen molar-refractivity contribution in [1.29, 1.82) is 0 Å². The maximum Gasteiger partial charge on any atom is 0.0462 e. The van der Waals surface area contributed by atoms with Crippen LogP contribution in [0.4, 0.5) is 0 Å². The minimum Gasteiger partial charge on any atom is -0.385 e. The summed E-state index contributed by atoms with van der Waals surface area (Å²) >= 11 is 0. The van der Waals surface area contributed by atoms with Gasteiger partial charge in [-0.3, -0.25) is 0 Å². The second kappa shape index (κ2) is 4.48. The molecule has 2 aliphatic carbocycles. The Bertz CT molecular complexity index is 209. The van der Waals surface area contributed by atoms with Crippen molar-refractivity contribution in [3.63, 3.8) is 0 Å². The number of hydrogen-bond donors (Lipinski definition) is 0. The molecule has 0 amide bonds. The maximum atomic E-state index is 5.13. The van der Waals surface area contributed by atoms with Crippen molar-refractivity contribution in [3.8, 4) is 0 Å². The van der Waals surface area contributed by atoms with E-state index in [-0.39, 0.29) is 0 Å². The highest BCUT2D eigenvalue weighted by Crippen LogP contribution is 2.50. The number of ether oxygens (including phenoxy) is 1. The van der Waals surface area contributed by atoms with Crippen LogP contribution in [-0.2, 0) is 4.74 Å². The van der Waals surface area contributed by atoms with E-state index in [4.69, 9.17) is 4.74 Å². The molecule has 2 rings (SSSR count). The number of fused-ring (bicyclic) bond motifs is 2. The van der Waals surface area contributed by atoms with Crippen molar-refractivity contribution in [2.45, 2.75) is 32.6 Å². The molecule has 2 aliphatic rings. The number of allylic oxidation sites excluding steroid dienone is 2. The Morgan fingerprint density at radius 3 is 2.57 bits per heavy atom. The van der Waals surface area contributed by atoms with Crippen molar-refractivity contribution in [1.82, 2.24) is 0 Å². The quantitative estimate of drug-likeness (QED) is 0.482. The minimum absolute atomic E-state index is 0.904. The number of hydrogen-bond acceptors (Lipinski definition) is 1. The van der Waals surface area contributed by atoms with Crippen LogP contribution < -0.4 is 0 Å². The fourth-order valence-electron chi connectivity index (χ4n) is 3.52. The van der Waals surface area contributed by atoms with Crippen LogP contribution in [0.1, 0.15) is 32.6 Å². The number of rotatable bonds is 5. The van der Waals surface area contributed by atoms with Gasteiger partial charge in [-0.05, 0) is 42.9 Å². The zero-order chi connectivity index (χ0) is 9.97. The molecule has 4 atom stereocenters. The molecule has 0 saturated heterocycles. The molecule has 0 N–H and O–H groups in total. The third-order valence-corrected chi connectivity index (χ3v) is 4.16. The average Bonchev–Trinajstić information content (AvgIpc) is 2.78. The molecule has 0 radical (unpaired) electrons. The van der Waals surface area contributed by atoms with Crippen LogP contribution >= 0.6 is 0 Å². The highest BCUT2D eigenvalue weighted by atomic mass is 16.5. The van der Waals surface area contributed by atoms with E-state index in [9.17, 15) is 0 Å². The molecule has 1 saturated carbocycles. The first-order valence-corrected chi connectivity index (χ1v) is 6.04. The van der Waals surface area contributed by atoms with E-state index < -0.39 is 0 Å².